The summed E-state index contributed by atoms with van der Waals surface area (Å²) in [6.07, 6.45) is 7.33. The monoisotopic (exact) mass is 658 g/mol. The molecule has 3 N–H and O–H groups in total. The molecule has 5 heterocycles. The van der Waals surface area contributed by atoms with Gasteiger partial charge in [0.2, 0.25) is 5.88 Å². The van der Waals surface area contributed by atoms with Gasteiger partial charge in [0, 0.05) is 43.2 Å². The van der Waals surface area contributed by atoms with Gasteiger partial charge in [-0.2, -0.15) is 9.97 Å². The number of ether oxygens (including phenoxy) is 2. The minimum atomic E-state index is -0.722. The van der Waals surface area contributed by atoms with Crippen LogP contribution in [0.25, 0.3) is 32.9 Å². The quantitative estimate of drug-likeness (QED) is 0.218. The van der Waals surface area contributed by atoms with E-state index < -0.39 is 11.6 Å². The van der Waals surface area contributed by atoms with E-state index in [0.717, 1.165) is 32.4 Å². The maximum absolute atomic E-state index is 17.1. The molecule has 4 aromatic rings. The second-order valence-corrected chi connectivity index (χ2v) is 13.6. The van der Waals surface area contributed by atoms with Crippen LogP contribution >= 0.6 is 0 Å². The van der Waals surface area contributed by atoms with Crippen molar-refractivity contribution in [3.63, 3.8) is 0 Å². The summed E-state index contributed by atoms with van der Waals surface area (Å²) < 4.78 is 44.8. The van der Waals surface area contributed by atoms with Crippen molar-refractivity contribution in [3.8, 4) is 28.9 Å². The number of aliphatic hydroxyl groups excluding tert-OH is 1. The molecule has 0 amide bonds. The molecule has 2 aromatic heterocycles. The van der Waals surface area contributed by atoms with Crippen LogP contribution < -0.4 is 19.7 Å². The first-order chi connectivity index (χ1) is 23.3. The van der Waals surface area contributed by atoms with Gasteiger partial charge in [0.15, 0.2) is 5.82 Å². The van der Waals surface area contributed by atoms with E-state index in [9.17, 15) is 10.2 Å². The number of anilines is 1. The fourth-order valence-corrected chi connectivity index (χ4v) is 7.55. The van der Waals surface area contributed by atoms with Crippen LogP contribution in [-0.2, 0) is 6.42 Å². The molecule has 4 aliphatic rings. The minimum Gasteiger partial charge on any atom is -0.508 e. The predicted molar refractivity (Wildman–Crippen MR) is 179 cm³/mol. The first kappa shape index (κ1) is 31.2. The Morgan fingerprint density at radius 3 is 2.75 bits per heavy atom. The van der Waals surface area contributed by atoms with Crippen molar-refractivity contribution >= 4 is 27.5 Å². The number of aliphatic hydroxyl groups is 1. The number of rotatable bonds is 9. The summed E-state index contributed by atoms with van der Waals surface area (Å²) >= 11 is 0. The molecule has 48 heavy (non-hydrogen) atoms. The van der Waals surface area contributed by atoms with Crippen molar-refractivity contribution in [2.75, 3.05) is 50.9 Å². The average molecular weight is 659 g/mol. The second-order valence-electron chi connectivity index (χ2n) is 13.6. The molecule has 0 spiro atoms. The SMILES string of the molecule is CCc1c(F)ccc2cc(O)cc(-c3nc4c5c(nc(OCC6(CN7CC=C[C@H]7CO)CC6)nc5c3F)N3C[C@@H](CC)NC[C@H]3CO4)c12. The van der Waals surface area contributed by atoms with E-state index in [0.29, 0.717) is 53.7 Å². The lowest BCUT2D eigenvalue weighted by atomic mass is 9.94. The van der Waals surface area contributed by atoms with Crippen LogP contribution in [0, 0.1) is 17.0 Å². The highest BCUT2D eigenvalue weighted by Crippen LogP contribution is 2.48. The van der Waals surface area contributed by atoms with Crippen LogP contribution in [0.1, 0.15) is 38.7 Å². The molecule has 0 bridgehead atoms. The Morgan fingerprint density at radius 1 is 1.12 bits per heavy atom. The number of nitrogens with one attached hydrogen (secondary N) is 1. The van der Waals surface area contributed by atoms with Crippen LogP contribution in [0.15, 0.2) is 36.4 Å². The van der Waals surface area contributed by atoms with Crippen LogP contribution in [0.3, 0.4) is 0 Å². The molecule has 8 rings (SSSR count). The van der Waals surface area contributed by atoms with E-state index in [2.05, 4.69) is 33.1 Å². The lowest BCUT2D eigenvalue weighted by Crippen LogP contribution is -2.58. The minimum absolute atomic E-state index is 0.00195. The Morgan fingerprint density at radius 2 is 1.98 bits per heavy atom. The van der Waals surface area contributed by atoms with Crippen LogP contribution in [0.2, 0.25) is 0 Å². The predicted octanol–water partition coefficient (Wildman–Crippen LogP) is 4.73. The molecule has 2 aromatic carbocycles. The number of aryl methyl sites for hydroxylation is 1. The highest BCUT2D eigenvalue weighted by molar-refractivity contribution is 6.03. The Bertz CT molecular complexity index is 1930. The van der Waals surface area contributed by atoms with Crippen molar-refractivity contribution in [1.29, 1.82) is 0 Å². The number of nitrogens with zero attached hydrogens (tertiary/aromatic N) is 5. The normalized spacial score (nSPS) is 22.9. The largest absolute Gasteiger partial charge is 0.508 e. The van der Waals surface area contributed by atoms with Crippen LogP contribution in [0.5, 0.6) is 17.6 Å². The van der Waals surface area contributed by atoms with Gasteiger partial charge < -0.3 is 29.9 Å². The molecule has 2 fully saturated rings. The lowest BCUT2D eigenvalue weighted by molar-refractivity contribution is 0.123. The standard InChI is InChI=1S/C36H40F2N6O4/c1-3-21-15-44-23(14-39-21)17-47-34-29-32(30(38)31(40-34)26-13-24(46)12-20-7-8-27(37)25(4-2)28(20)26)41-35(42-33(29)44)48-19-36(9-10-36)18-43-11-5-6-22(43)16-45/h5-8,12-13,21-23,39,45-46H,3-4,9-11,14-19H2,1-2H3/t21-,22+,23+/m1/s1. The van der Waals surface area contributed by atoms with Crippen molar-refractivity contribution in [2.24, 2.45) is 5.41 Å². The number of hydrogen-bond donors (Lipinski definition) is 3. The fraction of sp³-hybridized carbons (Fsp3) is 0.472. The number of hydrogen-bond acceptors (Lipinski definition) is 10. The number of piperazine rings is 1. The smallest absolute Gasteiger partial charge is 0.319 e. The number of halogens is 2. The molecular weight excluding hydrogens is 618 g/mol. The average Bonchev–Trinajstić information content (AvgIpc) is 3.76. The van der Waals surface area contributed by atoms with Crippen molar-refractivity contribution in [1.82, 2.24) is 25.2 Å². The third-order valence-corrected chi connectivity index (χ3v) is 10.5. The second kappa shape index (κ2) is 12.1. The molecule has 0 unspecified atom stereocenters. The molecule has 1 saturated carbocycles. The summed E-state index contributed by atoms with van der Waals surface area (Å²) in [5, 5.41) is 25.5. The summed E-state index contributed by atoms with van der Waals surface area (Å²) in [6, 6.07) is 6.08. The number of benzene rings is 2. The molecule has 10 nitrogen and oxygen atoms in total. The maximum atomic E-state index is 17.1. The van der Waals surface area contributed by atoms with Crippen molar-refractivity contribution < 1.29 is 28.5 Å². The Labute approximate surface area is 277 Å². The highest BCUT2D eigenvalue weighted by atomic mass is 19.1. The zero-order valence-electron chi connectivity index (χ0n) is 27.2. The number of phenolic OH excluding ortho intramolecular Hbond substituents is 1. The molecule has 1 aliphatic carbocycles. The first-order valence-electron chi connectivity index (χ1n) is 16.9. The summed E-state index contributed by atoms with van der Waals surface area (Å²) in [5.41, 5.74) is 0.473. The summed E-state index contributed by atoms with van der Waals surface area (Å²) in [4.78, 5) is 18.7. The third-order valence-electron chi connectivity index (χ3n) is 10.5. The Kier molecular flexibility index (Phi) is 7.84. The van der Waals surface area contributed by atoms with E-state index >= 15 is 8.78 Å². The molecule has 3 aliphatic heterocycles. The third kappa shape index (κ3) is 5.30. The van der Waals surface area contributed by atoms with Gasteiger partial charge in [0.25, 0.3) is 0 Å². The van der Waals surface area contributed by atoms with E-state index in [1.54, 1.807) is 6.07 Å². The van der Waals surface area contributed by atoms with Gasteiger partial charge in [0.1, 0.15) is 40.6 Å². The van der Waals surface area contributed by atoms with Gasteiger partial charge in [-0.05, 0) is 60.2 Å². The van der Waals surface area contributed by atoms with E-state index in [1.807, 2.05) is 13.0 Å². The summed E-state index contributed by atoms with van der Waals surface area (Å²) in [6.45, 7) is 7.51. The van der Waals surface area contributed by atoms with E-state index in [-0.39, 0.29) is 71.2 Å². The van der Waals surface area contributed by atoms with Crippen LogP contribution in [-0.4, -0.2) is 94.2 Å². The van der Waals surface area contributed by atoms with Crippen LogP contribution in [0.4, 0.5) is 14.6 Å². The van der Waals surface area contributed by atoms with Gasteiger partial charge in [-0.25, -0.2) is 13.8 Å². The van der Waals surface area contributed by atoms with E-state index in [4.69, 9.17) is 19.4 Å². The number of aromatic hydroxyl groups is 1. The van der Waals surface area contributed by atoms with Gasteiger partial charge in [-0.1, -0.05) is 32.1 Å². The molecular formula is C36H40F2N6O4. The molecule has 12 heteroatoms. The fourth-order valence-electron chi connectivity index (χ4n) is 7.55. The van der Waals surface area contributed by atoms with Gasteiger partial charge in [0.05, 0.1) is 25.3 Å². The summed E-state index contributed by atoms with van der Waals surface area (Å²) in [5.74, 6) is -0.523. The van der Waals surface area contributed by atoms with Gasteiger partial charge >= 0.3 is 6.01 Å². The number of fused-ring (bicyclic) bond motifs is 3. The van der Waals surface area contributed by atoms with Crippen molar-refractivity contribution in [3.05, 3.63) is 53.6 Å². The number of aromatic nitrogens is 3. The maximum Gasteiger partial charge on any atom is 0.319 e. The topological polar surface area (TPSA) is 116 Å². The Balaban J connectivity index is 1.26. The lowest BCUT2D eigenvalue weighted by Gasteiger charge is -2.39. The zero-order chi connectivity index (χ0) is 33.2. The molecule has 1 saturated heterocycles. The van der Waals surface area contributed by atoms with E-state index in [1.165, 1.54) is 18.2 Å². The molecule has 3 atom stereocenters. The molecule has 252 valence electrons. The number of phenols is 1. The highest BCUT2D eigenvalue weighted by Gasteiger charge is 2.46. The number of pyridine rings is 1. The van der Waals surface area contributed by atoms with Gasteiger partial charge in [-0.3, -0.25) is 4.90 Å². The molecule has 0 radical (unpaired) electrons. The van der Waals surface area contributed by atoms with Gasteiger partial charge in [-0.15, -0.1) is 0 Å². The zero-order valence-corrected chi connectivity index (χ0v) is 27.2. The Hall–Kier alpha value is -4.13. The van der Waals surface area contributed by atoms with Crippen molar-refractivity contribution in [2.45, 2.75) is 57.7 Å². The summed E-state index contributed by atoms with van der Waals surface area (Å²) in [7, 11) is 0. The first-order valence-corrected chi connectivity index (χ1v) is 16.9.